The minimum Gasteiger partial charge on any atom is -0.339 e. The second kappa shape index (κ2) is 8.96. The van der Waals surface area contributed by atoms with E-state index in [1.807, 2.05) is 25.3 Å². The van der Waals surface area contributed by atoms with E-state index < -0.39 is 0 Å². The molecule has 140 valence electrons. The van der Waals surface area contributed by atoms with Crippen LogP contribution in [0.2, 0.25) is 0 Å². The lowest BCUT2D eigenvalue weighted by molar-refractivity contribution is -0.113. The van der Waals surface area contributed by atoms with E-state index in [4.69, 9.17) is 0 Å². The van der Waals surface area contributed by atoms with Gasteiger partial charge in [-0.15, -0.1) is 11.3 Å². The van der Waals surface area contributed by atoms with Gasteiger partial charge in [0.2, 0.25) is 5.91 Å². The SMILES string of the molecule is CCN(CC)C(=O)c1ccc(NC(=O)CSc2ncnc3sccc23)cc1. The number of benzene rings is 1. The zero-order chi connectivity index (χ0) is 19.2. The molecule has 0 saturated heterocycles. The third-order valence-electron chi connectivity index (χ3n) is 4.03. The van der Waals surface area contributed by atoms with E-state index in [-0.39, 0.29) is 17.6 Å². The minimum absolute atomic E-state index is 0.00280. The van der Waals surface area contributed by atoms with Crippen molar-refractivity contribution in [3.05, 3.63) is 47.6 Å². The average Bonchev–Trinajstić information content (AvgIpc) is 3.17. The molecule has 27 heavy (non-hydrogen) atoms. The predicted molar refractivity (Wildman–Crippen MR) is 110 cm³/mol. The van der Waals surface area contributed by atoms with E-state index in [1.54, 1.807) is 40.5 Å². The van der Waals surface area contributed by atoms with Crippen LogP contribution in [0.3, 0.4) is 0 Å². The molecule has 0 radical (unpaired) electrons. The Morgan fingerprint density at radius 1 is 1.11 bits per heavy atom. The van der Waals surface area contributed by atoms with Crippen LogP contribution in [0, 0.1) is 0 Å². The van der Waals surface area contributed by atoms with Gasteiger partial charge >= 0.3 is 0 Å². The van der Waals surface area contributed by atoms with Crippen LogP contribution in [0.15, 0.2) is 47.1 Å². The number of hydrogen-bond acceptors (Lipinski definition) is 6. The molecular weight excluding hydrogens is 380 g/mol. The Morgan fingerprint density at radius 3 is 2.56 bits per heavy atom. The van der Waals surface area contributed by atoms with Crippen molar-refractivity contribution < 1.29 is 9.59 Å². The first-order chi connectivity index (χ1) is 13.1. The maximum Gasteiger partial charge on any atom is 0.253 e. The zero-order valence-electron chi connectivity index (χ0n) is 15.1. The van der Waals surface area contributed by atoms with E-state index in [9.17, 15) is 9.59 Å². The molecule has 1 N–H and O–H groups in total. The number of hydrogen-bond donors (Lipinski definition) is 1. The molecule has 0 saturated carbocycles. The van der Waals surface area contributed by atoms with Gasteiger partial charge in [0.15, 0.2) is 0 Å². The molecule has 0 aliphatic heterocycles. The van der Waals surface area contributed by atoms with Gasteiger partial charge in [-0.05, 0) is 49.6 Å². The number of nitrogens with zero attached hydrogens (tertiary/aromatic N) is 3. The highest BCUT2D eigenvalue weighted by atomic mass is 32.2. The van der Waals surface area contributed by atoms with E-state index in [0.717, 1.165) is 15.2 Å². The Balaban J connectivity index is 1.58. The van der Waals surface area contributed by atoms with Gasteiger partial charge in [-0.2, -0.15) is 0 Å². The number of carbonyl (C=O) groups is 2. The largest absolute Gasteiger partial charge is 0.339 e. The molecule has 8 heteroatoms. The summed E-state index contributed by atoms with van der Waals surface area (Å²) in [4.78, 5) is 35.7. The topological polar surface area (TPSA) is 75.2 Å². The Kier molecular flexibility index (Phi) is 6.41. The van der Waals surface area contributed by atoms with E-state index in [0.29, 0.717) is 24.3 Å². The van der Waals surface area contributed by atoms with Crippen molar-refractivity contribution in [2.45, 2.75) is 18.9 Å². The lowest BCUT2D eigenvalue weighted by atomic mass is 10.2. The number of carbonyl (C=O) groups excluding carboxylic acids is 2. The highest BCUT2D eigenvalue weighted by molar-refractivity contribution is 8.00. The molecule has 0 fully saturated rings. The summed E-state index contributed by atoms with van der Waals surface area (Å²) in [5.41, 5.74) is 1.28. The van der Waals surface area contributed by atoms with Crippen LogP contribution >= 0.6 is 23.1 Å². The maximum atomic E-state index is 12.3. The smallest absolute Gasteiger partial charge is 0.253 e. The fourth-order valence-electron chi connectivity index (χ4n) is 2.60. The van der Waals surface area contributed by atoms with Gasteiger partial charge in [0, 0.05) is 29.7 Å². The molecule has 2 amide bonds. The summed E-state index contributed by atoms with van der Waals surface area (Å²) < 4.78 is 0. The number of anilines is 1. The van der Waals surface area contributed by atoms with Crippen molar-refractivity contribution in [1.82, 2.24) is 14.9 Å². The van der Waals surface area contributed by atoms with Gasteiger partial charge in [-0.3, -0.25) is 9.59 Å². The van der Waals surface area contributed by atoms with Gasteiger partial charge < -0.3 is 10.2 Å². The molecule has 0 bridgehead atoms. The summed E-state index contributed by atoms with van der Waals surface area (Å²) in [6.45, 7) is 5.25. The van der Waals surface area contributed by atoms with Crippen LogP contribution in [-0.2, 0) is 4.79 Å². The number of rotatable bonds is 7. The van der Waals surface area contributed by atoms with E-state index in [2.05, 4.69) is 15.3 Å². The third kappa shape index (κ3) is 4.64. The summed E-state index contributed by atoms with van der Waals surface area (Å²) in [6.07, 6.45) is 1.52. The fourth-order valence-corrected chi connectivity index (χ4v) is 4.18. The van der Waals surface area contributed by atoms with E-state index in [1.165, 1.54) is 18.1 Å². The van der Waals surface area contributed by atoms with Crippen molar-refractivity contribution in [2.75, 3.05) is 24.2 Å². The molecule has 6 nitrogen and oxygen atoms in total. The Bertz CT molecular complexity index is 936. The molecule has 0 spiro atoms. The number of thiophene rings is 1. The fraction of sp³-hybridized carbons (Fsp3) is 0.263. The zero-order valence-corrected chi connectivity index (χ0v) is 16.8. The summed E-state index contributed by atoms with van der Waals surface area (Å²) in [5.74, 6) is 0.129. The van der Waals surface area contributed by atoms with E-state index >= 15 is 0 Å². The molecule has 0 aliphatic rings. The van der Waals surface area contributed by atoms with Crippen molar-refractivity contribution in [3.8, 4) is 0 Å². The number of fused-ring (bicyclic) bond motifs is 1. The average molecular weight is 401 g/mol. The Labute approximate surface area is 166 Å². The monoisotopic (exact) mass is 400 g/mol. The van der Waals surface area contributed by atoms with Gasteiger partial charge in [-0.25, -0.2) is 9.97 Å². The van der Waals surface area contributed by atoms with Crippen molar-refractivity contribution in [2.24, 2.45) is 0 Å². The van der Waals surface area contributed by atoms with Crippen molar-refractivity contribution in [1.29, 1.82) is 0 Å². The van der Waals surface area contributed by atoms with Gasteiger partial charge in [0.25, 0.3) is 5.91 Å². The standard InChI is InChI=1S/C19H20N4O2S2/c1-3-23(4-2)19(25)13-5-7-14(8-6-13)22-16(24)11-27-18-15-9-10-26-17(15)20-12-21-18/h5-10,12H,3-4,11H2,1-2H3,(H,22,24). The molecule has 3 rings (SSSR count). The molecule has 2 heterocycles. The van der Waals surface area contributed by atoms with Gasteiger partial charge in [-0.1, -0.05) is 11.8 Å². The summed E-state index contributed by atoms with van der Waals surface area (Å²) in [7, 11) is 0. The Hall–Kier alpha value is -2.45. The normalized spacial score (nSPS) is 10.7. The molecular formula is C19H20N4O2S2. The van der Waals surface area contributed by atoms with Gasteiger partial charge in [0.05, 0.1) is 5.75 Å². The molecule has 1 aromatic carbocycles. The minimum atomic E-state index is -0.121. The quantitative estimate of drug-likeness (QED) is 0.481. The first-order valence-corrected chi connectivity index (χ1v) is 10.5. The number of nitrogens with one attached hydrogen (secondary N) is 1. The number of amides is 2. The molecule has 3 aromatic rings. The van der Waals surface area contributed by atoms with Crippen LogP contribution in [0.4, 0.5) is 5.69 Å². The molecule has 0 aliphatic carbocycles. The van der Waals surface area contributed by atoms with Gasteiger partial charge in [0.1, 0.15) is 16.2 Å². The summed E-state index contributed by atoms with van der Waals surface area (Å²) in [6, 6.07) is 8.94. The Morgan fingerprint density at radius 2 is 1.85 bits per heavy atom. The van der Waals surface area contributed by atoms with Crippen molar-refractivity contribution >= 4 is 50.8 Å². The van der Waals surface area contributed by atoms with Crippen LogP contribution in [0.1, 0.15) is 24.2 Å². The summed E-state index contributed by atoms with van der Waals surface area (Å²) in [5, 5.41) is 6.59. The highest BCUT2D eigenvalue weighted by Gasteiger charge is 2.13. The predicted octanol–water partition coefficient (Wildman–Crippen LogP) is 3.90. The molecule has 0 unspecified atom stereocenters. The van der Waals surface area contributed by atoms with Crippen LogP contribution in [0.25, 0.3) is 10.2 Å². The third-order valence-corrected chi connectivity index (χ3v) is 5.86. The molecule has 2 aromatic heterocycles. The van der Waals surface area contributed by atoms with Crippen LogP contribution in [0.5, 0.6) is 0 Å². The van der Waals surface area contributed by atoms with Crippen LogP contribution < -0.4 is 5.32 Å². The maximum absolute atomic E-state index is 12.3. The van der Waals surface area contributed by atoms with Crippen molar-refractivity contribution in [3.63, 3.8) is 0 Å². The first-order valence-electron chi connectivity index (χ1n) is 8.62. The summed E-state index contributed by atoms with van der Waals surface area (Å²) >= 11 is 2.93. The first kappa shape index (κ1) is 19.3. The highest BCUT2D eigenvalue weighted by Crippen LogP contribution is 2.27. The lowest BCUT2D eigenvalue weighted by Gasteiger charge is -2.18. The number of aromatic nitrogens is 2. The second-order valence-corrected chi connectivity index (χ2v) is 7.57. The second-order valence-electron chi connectivity index (χ2n) is 5.71. The molecule has 0 atom stereocenters. The number of thioether (sulfide) groups is 1. The lowest BCUT2D eigenvalue weighted by Crippen LogP contribution is -2.30. The van der Waals surface area contributed by atoms with Crippen LogP contribution in [-0.4, -0.2) is 45.5 Å².